The molecule has 0 spiro atoms. The highest BCUT2D eigenvalue weighted by Gasteiger charge is 2.45. The van der Waals surface area contributed by atoms with Crippen LogP contribution in [0.5, 0.6) is 5.75 Å². The number of amides is 5. The minimum Gasteiger partial charge on any atom is -0.482 e. The number of halogens is 1. The van der Waals surface area contributed by atoms with E-state index in [2.05, 4.69) is 20.9 Å². The van der Waals surface area contributed by atoms with E-state index >= 15 is 4.39 Å². The van der Waals surface area contributed by atoms with Crippen LogP contribution >= 0.6 is 0 Å². The first-order valence-electron chi connectivity index (χ1n) is 12.7. The summed E-state index contributed by atoms with van der Waals surface area (Å²) in [5.41, 5.74) is 1.57. The van der Waals surface area contributed by atoms with Crippen LogP contribution in [0.15, 0.2) is 42.6 Å². The number of imide groups is 2. The topological polar surface area (TPSA) is 150 Å². The van der Waals surface area contributed by atoms with Gasteiger partial charge in [0.25, 0.3) is 17.7 Å². The first-order valence-corrected chi connectivity index (χ1v) is 12.7. The minimum atomic E-state index is -1.13. The lowest BCUT2D eigenvalue weighted by molar-refractivity contribution is -0.136. The number of carbonyl (C=O) groups excluding carboxylic acids is 5. The number of pyridine rings is 1. The molecule has 2 aromatic carbocycles. The van der Waals surface area contributed by atoms with Crippen molar-refractivity contribution in [1.82, 2.24) is 15.2 Å². The summed E-state index contributed by atoms with van der Waals surface area (Å²) in [6.45, 7) is -0.185. The van der Waals surface area contributed by atoms with Crippen molar-refractivity contribution in [2.24, 2.45) is 0 Å². The molecule has 1 unspecified atom stereocenters. The number of carbonyl (C=O) groups is 5. The first kappa shape index (κ1) is 25.9. The van der Waals surface area contributed by atoms with Gasteiger partial charge in [0.15, 0.2) is 6.61 Å². The van der Waals surface area contributed by atoms with Crippen LogP contribution < -0.4 is 25.6 Å². The highest BCUT2D eigenvalue weighted by atomic mass is 19.1. The molecule has 0 aliphatic carbocycles. The van der Waals surface area contributed by atoms with Crippen molar-refractivity contribution in [1.29, 1.82) is 0 Å². The van der Waals surface area contributed by atoms with Crippen LogP contribution in [0.1, 0.15) is 33.6 Å². The maximum atomic E-state index is 15.1. The highest BCUT2D eigenvalue weighted by Crippen LogP contribution is 2.44. The zero-order chi connectivity index (χ0) is 29.0. The predicted octanol–water partition coefficient (Wildman–Crippen LogP) is 2.43. The Hall–Kier alpha value is -5.33. The molecule has 1 saturated heterocycles. The van der Waals surface area contributed by atoms with E-state index in [4.69, 9.17) is 4.74 Å². The Morgan fingerprint density at radius 3 is 2.59 bits per heavy atom. The first-order chi connectivity index (χ1) is 19.7. The predicted molar refractivity (Wildman–Crippen MR) is 144 cm³/mol. The Morgan fingerprint density at radius 1 is 1.02 bits per heavy atom. The maximum Gasteiger partial charge on any atom is 0.264 e. The smallest absolute Gasteiger partial charge is 0.264 e. The van der Waals surface area contributed by atoms with Crippen LogP contribution in [0, 0.1) is 5.82 Å². The Morgan fingerprint density at radius 2 is 1.83 bits per heavy atom. The number of fused-ring (bicyclic) bond motifs is 2. The molecule has 41 heavy (non-hydrogen) atoms. The number of hydrogen-bond acceptors (Lipinski definition) is 9. The van der Waals surface area contributed by atoms with E-state index in [1.165, 1.54) is 17.0 Å². The Kier molecular flexibility index (Phi) is 6.13. The van der Waals surface area contributed by atoms with Gasteiger partial charge in [-0.3, -0.25) is 34.2 Å². The Bertz CT molecular complexity index is 1690. The van der Waals surface area contributed by atoms with E-state index in [1.807, 2.05) is 0 Å². The van der Waals surface area contributed by atoms with Crippen molar-refractivity contribution in [3.8, 4) is 16.9 Å². The van der Waals surface area contributed by atoms with Gasteiger partial charge in [-0.15, -0.1) is 0 Å². The van der Waals surface area contributed by atoms with Crippen LogP contribution in [0.3, 0.4) is 0 Å². The van der Waals surface area contributed by atoms with Crippen LogP contribution in [-0.4, -0.2) is 66.2 Å². The lowest BCUT2D eigenvalue weighted by atomic mass is 10.0. The molecule has 0 radical (unpaired) electrons. The van der Waals surface area contributed by atoms with E-state index in [9.17, 15) is 24.0 Å². The maximum absolute atomic E-state index is 15.1. The van der Waals surface area contributed by atoms with Gasteiger partial charge >= 0.3 is 0 Å². The number of nitrogens with one attached hydrogen (secondary N) is 3. The van der Waals surface area contributed by atoms with Crippen molar-refractivity contribution in [3.63, 3.8) is 0 Å². The third kappa shape index (κ3) is 4.22. The molecule has 3 aromatic rings. The van der Waals surface area contributed by atoms with Crippen molar-refractivity contribution in [2.45, 2.75) is 18.9 Å². The summed E-state index contributed by atoms with van der Waals surface area (Å²) in [6.07, 6.45) is 1.08. The highest BCUT2D eigenvalue weighted by molar-refractivity contribution is 6.25. The lowest BCUT2D eigenvalue weighted by Crippen LogP contribution is -2.54. The van der Waals surface area contributed by atoms with E-state index in [0.717, 1.165) is 11.1 Å². The summed E-state index contributed by atoms with van der Waals surface area (Å²) in [7, 11) is 3.23. The van der Waals surface area contributed by atoms with E-state index in [1.54, 1.807) is 38.4 Å². The van der Waals surface area contributed by atoms with Crippen molar-refractivity contribution in [3.05, 3.63) is 59.5 Å². The number of ether oxygens (including phenoxy) is 1. The number of anilines is 4. The molecule has 1 atom stereocenters. The lowest BCUT2D eigenvalue weighted by Gasteiger charge is -2.28. The molecule has 3 aliphatic rings. The minimum absolute atomic E-state index is 0.00614. The molecule has 13 heteroatoms. The summed E-state index contributed by atoms with van der Waals surface area (Å²) in [5, 5.41) is 8.21. The molecule has 208 valence electrons. The van der Waals surface area contributed by atoms with E-state index < -0.39 is 35.5 Å². The summed E-state index contributed by atoms with van der Waals surface area (Å²) >= 11 is 0. The molecule has 6 rings (SSSR count). The van der Waals surface area contributed by atoms with Gasteiger partial charge in [0.05, 0.1) is 28.7 Å². The SMILES string of the molecule is CNc1cc(-c2cc3c(cc2Nc2cccc4c2C(=O)N(C2CCC(=O)NC2=O)C4=O)N(C)C(=O)CO3)c(F)cn1. The summed E-state index contributed by atoms with van der Waals surface area (Å²) in [5.74, 6) is -2.71. The molecule has 3 N–H and O–H groups in total. The van der Waals surface area contributed by atoms with Gasteiger partial charge in [-0.25, -0.2) is 9.37 Å². The fourth-order valence-corrected chi connectivity index (χ4v) is 5.19. The monoisotopic (exact) mass is 558 g/mol. The zero-order valence-corrected chi connectivity index (χ0v) is 21.9. The summed E-state index contributed by atoms with van der Waals surface area (Å²) in [6, 6.07) is 8.19. The third-order valence-corrected chi connectivity index (χ3v) is 7.32. The van der Waals surface area contributed by atoms with Crippen molar-refractivity contribution >= 4 is 52.4 Å². The van der Waals surface area contributed by atoms with Crippen molar-refractivity contribution < 1.29 is 33.1 Å². The van der Waals surface area contributed by atoms with Gasteiger partial charge in [0.2, 0.25) is 11.8 Å². The summed E-state index contributed by atoms with van der Waals surface area (Å²) in [4.78, 5) is 69.7. The van der Waals surface area contributed by atoms with Gasteiger partial charge in [0.1, 0.15) is 23.4 Å². The molecule has 1 fully saturated rings. The molecular formula is C28H23FN6O6. The molecule has 0 bridgehead atoms. The normalized spacial score (nSPS) is 18.1. The second kappa shape index (κ2) is 9.70. The second-order valence-electron chi connectivity index (χ2n) is 9.71. The van der Waals surface area contributed by atoms with Crippen LogP contribution in [0.25, 0.3) is 11.1 Å². The molecule has 4 heterocycles. The van der Waals surface area contributed by atoms with Gasteiger partial charge in [-0.05, 0) is 36.8 Å². The second-order valence-corrected chi connectivity index (χ2v) is 9.71. The number of nitrogens with zero attached hydrogens (tertiary/aromatic N) is 3. The molecule has 12 nitrogen and oxygen atoms in total. The fourth-order valence-electron chi connectivity index (χ4n) is 5.19. The quantitative estimate of drug-likeness (QED) is 0.401. The van der Waals surface area contributed by atoms with E-state index in [-0.39, 0.29) is 47.7 Å². The standard InChI is InChI=1S/C28H23FN6O6/c1-30-22-9-14(16(29)11-31-22)15-8-21-20(34(2)24(37)12-41-21)10-18(15)32-17-5-3-4-13-25(17)28(40)35(27(13)39)19-6-7-23(36)33-26(19)38/h3-5,8-11,19,32H,6-7,12H2,1-2H3,(H,30,31)(H,33,36,38). The van der Waals surface area contributed by atoms with Gasteiger partial charge in [0, 0.05) is 37.3 Å². The van der Waals surface area contributed by atoms with Crippen molar-refractivity contribution in [2.75, 3.05) is 36.2 Å². The van der Waals surface area contributed by atoms with Crippen LogP contribution in [-0.2, 0) is 14.4 Å². The number of hydrogen-bond donors (Lipinski definition) is 3. The molecule has 5 amide bonds. The molecular weight excluding hydrogens is 535 g/mol. The molecule has 1 aromatic heterocycles. The average molecular weight is 559 g/mol. The fraction of sp³-hybridized carbons (Fsp3) is 0.214. The third-order valence-electron chi connectivity index (χ3n) is 7.32. The average Bonchev–Trinajstić information content (AvgIpc) is 3.21. The zero-order valence-electron chi connectivity index (χ0n) is 21.9. The summed E-state index contributed by atoms with van der Waals surface area (Å²) < 4.78 is 20.8. The number of likely N-dealkylation sites (N-methyl/N-ethyl adjacent to an activating group) is 1. The Labute approximate surface area is 232 Å². The van der Waals surface area contributed by atoms with E-state index in [0.29, 0.717) is 28.5 Å². The number of benzene rings is 2. The number of piperidine rings is 1. The van der Waals surface area contributed by atoms with Gasteiger partial charge in [-0.1, -0.05) is 6.07 Å². The van der Waals surface area contributed by atoms with Gasteiger partial charge < -0.3 is 20.3 Å². The Balaban J connectivity index is 1.46. The number of aromatic nitrogens is 1. The largest absolute Gasteiger partial charge is 0.482 e. The number of rotatable bonds is 5. The van der Waals surface area contributed by atoms with Gasteiger partial charge in [-0.2, -0.15) is 0 Å². The van der Waals surface area contributed by atoms with Crippen LogP contribution in [0.2, 0.25) is 0 Å². The molecule has 0 saturated carbocycles. The van der Waals surface area contributed by atoms with Crippen LogP contribution in [0.4, 0.5) is 27.3 Å². The molecule has 3 aliphatic heterocycles.